The molecular formula is C11H12N2O4. The molecule has 0 saturated heterocycles. The number of anilines is 1. The van der Waals surface area contributed by atoms with Gasteiger partial charge in [-0.3, -0.25) is 9.69 Å². The lowest BCUT2D eigenvalue weighted by Crippen LogP contribution is -2.46. The number of nitrogens with one attached hydrogen (secondary N) is 1. The van der Waals surface area contributed by atoms with E-state index in [2.05, 4.69) is 10.1 Å². The van der Waals surface area contributed by atoms with E-state index in [1.807, 2.05) is 0 Å². The van der Waals surface area contributed by atoms with Gasteiger partial charge in [-0.05, 0) is 18.2 Å². The van der Waals surface area contributed by atoms with Crippen molar-refractivity contribution in [3.05, 3.63) is 29.3 Å². The van der Waals surface area contributed by atoms with Gasteiger partial charge in [-0.2, -0.15) is 0 Å². The standard InChI is InChI=1S/C11H12N2O4/c1-13-9(14)7-5-6(10(15)17-2)3-4-8(7)12-11(13)16/h3-5,11-12,16H,1-2H3. The van der Waals surface area contributed by atoms with Gasteiger partial charge in [0.1, 0.15) is 0 Å². The van der Waals surface area contributed by atoms with Gasteiger partial charge in [0, 0.05) is 7.05 Å². The molecule has 0 aromatic heterocycles. The minimum absolute atomic E-state index is 0.297. The molecule has 0 bridgehead atoms. The third kappa shape index (κ3) is 1.83. The average molecular weight is 236 g/mol. The Morgan fingerprint density at radius 1 is 1.53 bits per heavy atom. The summed E-state index contributed by atoms with van der Waals surface area (Å²) in [5.41, 5.74) is 1.13. The van der Waals surface area contributed by atoms with Crippen molar-refractivity contribution in [3.63, 3.8) is 0 Å². The van der Waals surface area contributed by atoms with E-state index in [0.717, 1.165) is 4.90 Å². The summed E-state index contributed by atoms with van der Waals surface area (Å²) in [5.74, 6) is -0.855. The van der Waals surface area contributed by atoms with Gasteiger partial charge in [0.15, 0.2) is 0 Å². The number of nitrogens with zero attached hydrogens (tertiary/aromatic N) is 1. The predicted molar refractivity (Wildman–Crippen MR) is 59.5 cm³/mol. The van der Waals surface area contributed by atoms with Crippen LogP contribution in [-0.2, 0) is 4.74 Å². The molecule has 17 heavy (non-hydrogen) atoms. The molecule has 1 aromatic carbocycles. The molecule has 1 amide bonds. The van der Waals surface area contributed by atoms with Crippen LogP contribution < -0.4 is 5.32 Å². The number of amides is 1. The summed E-state index contributed by atoms with van der Waals surface area (Å²) < 4.78 is 4.58. The monoisotopic (exact) mass is 236 g/mol. The lowest BCUT2D eigenvalue weighted by atomic mass is 10.1. The molecule has 2 rings (SSSR count). The molecule has 1 unspecified atom stereocenters. The molecule has 1 aliphatic heterocycles. The molecule has 0 saturated carbocycles. The van der Waals surface area contributed by atoms with Crippen LogP contribution in [-0.4, -0.2) is 42.4 Å². The average Bonchev–Trinajstić information content (AvgIpc) is 2.35. The smallest absolute Gasteiger partial charge is 0.337 e. The highest BCUT2D eigenvalue weighted by atomic mass is 16.5. The van der Waals surface area contributed by atoms with Crippen LogP contribution in [0.5, 0.6) is 0 Å². The van der Waals surface area contributed by atoms with Crippen molar-refractivity contribution in [1.29, 1.82) is 0 Å². The van der Waals surface area contributed by atoms with Crippen LogP contribution in [0.1, 0.15) is 20.7 Å². The number of ether oxygens (including phenoxy) is 1. The van der Waals surface area contributed by atoms with E-state index < -0.39 is 12.3 Å². The Labute approximate surface area is 97.8 Å². The third-order valence-corrected chi connectivity index (χ3v) is 2.64. The Hall–Kier alpha value is -2.08. The molecule has 6 heteroatoms. The van der Waals surface area contributed by atoms with Crippen molar-refractivity contribution in [2.24, 2.45) is 0 Å². The molecule has 0 fully saturated rings. The normalized spacial score (nSPS) is 18.4. The Balaban J connectivity index is 2.45. The first-order valence-electron chi connectivity index (χ1n) is 4.98. The van der Waals surface area contributed by atoms with Crippen LogP contribution in [0.25, 0.3) is 0 Å². The van der Waals surface area contributed by atoms with E-state index in [4.69, 9.17) is 0 Å². The van der Waals surface area contributed by atoms with Crippen molar-refractivity contribution < 1.29 is 19.4 Å². The van der Waals surface area contributed by atoms with Gasteiger partial charge < -0.3 is 15.2 Å². The molecule has 0 spiro atoms. The number of carbonyl (C=O) groups excluding carboxylic acids is 2. The molecule has 1 aromatic rings. The SMILES string of the molecule is COC(=O)c1ccc2c(c1)C(=O)N(C)C(O)N2. The fourth-order valence-electron chi connectivity index (χ4n) is 1.63. The van der Waals surface area contributed by atoms with Crippen molar-refractivity contribution in [3.8, 4) is 0 Å². The number of benzene rings is 1. The van der Waals surface area contributed by atoms with E-state index in [1.165, 1.54) is 26.3 Å². The highest BCUT2D eigenvalue weighted by molar-refractivity contribution is 6.03. The summed E-state index contributed by atoms with van der Waals surface area (Å²) in [4.78, 5) is 24.3. The molecule has 0 aliphatic carbocycles. The zero-order chi connectivity index (χ0) is 12.6. The minimum Gasteiger partial charge on any atom is -0.465 e. The number of hydrogen-bond acceptors (Lipinski definition) is 5. The highest BCUT2D eigenvalue weighted by Gasteiger charge is 2.28. The number of aliphatic hydroxyl groups excluding tert-OH is 1. The molecule has 0 radical (unpaired) electrons. The van der Waals surface area contributed by atoms with E-state index in [1.54, 1.807) is 6.07 Å². The minimum atomic E-state index is -1.06. The Kier molecular flexibility index (Phi) is 2.72. The summed E-state index contributed by atoms with van der Waals surface area (Å²) in [7, 11) is 2.74. The lowest BCUT2D eigenvalue weighted by Gasteiger charge is -2.31. The van der Waals surface area contributed by atoms with Crippen molar-refractivity contribution in [1.82, 2.24) is 4.90 Å². The molecule has 1 atom stereocenters. The number of aliphatic hydroxyl groups is 1. The van der Waals surface area contributed by atoms with E-state index in [9.17, 15) is 14.7 Å². The summed E-state index contributed by atoms with van der Waals surface area (Å²) in [6.07, 6.45) is -1.06. The Bertz CT molecular complexity index is 486. The van der Waals surface area contributed by atoms with Crippen LogP contribution >= 0.6 is 0 Å². The number of hydrogen-bond donors (Lipinski definition) is 2. The molecular weight excluding hydrogens is 224 g/mol. The molecule has 6 nitrogen and oxygen atoms in total. The first-order valence-corrected chi connectivity index (χ1v) is 4.98. The van der Waals surface area contributed by atoms with E-state index in [0.29, 0.717) is 16.8 Å². The Morgan fingerprint density at radius 2 is 2.24 bits per heavy atom. The van der Waals surface area contributed by atoms with E-state index in [-0.39, 0.29) is 5.91 Å². The summed E-state index contributed by atoms with van der Waals surface area (Å²) in [6.45, 7) is 0. The van der Waals surface area contributed by atoms with E-state index >= 15 is 0 Å². The first-order chi connectivity index (χ1) is 8.04. The van der Waals surface area contributed by atoms with Crippen LogP contribution in [0.4, 0.5) is 5.69 Å². The van der Waals surface area contributed by atoms with Crippen molar-refractivity contribution in [2.45, 2.75) is 6.35 Å². The fraction of sp³-hybridized carbons (Fsp3) is 0.273. The van der Waals surface area contributed by atoms with Gasteiger partial charge in [0.05, 0.1) is 23.9 Å². The maximum absolute atomic E-state index is 11.9. The lowest BCUT2D eigenvalue weighted by molar-refractivity contribution is 0.0302. The number of methoxy groups -OCH3 is 1. The zero-order valence-corrected chi connectivity index (χ0v) is 9.43. The van der Waals surface area contributed by atoms with Gasteiger partial charge >= 0.3 is 5.97 Å². The number of carbonyl (C=O) groups is 2. The zero-order valence-electron chi connectivity index (χ0n) is 9.43. The summed E-state index contributed by atoms with van der Waals surface area (Å²) in [5, 5.41) is 12.3. The van der Waals surface area contributed by atoms with Gasteiger partial charge in [-0.15, -0.1) is 0 Å². The largest absolute Gasteiger partial charge is 0.465 e. The fourth-order valence-corrected chi connectivity index (χ4v) is 1.63. The molecule has 1 heterocycles. The highest BCUT2D eigenvalue weighted by Crippen LogP contribution is 2.24. The third-order valence-electron chi connectivity index (χ3n) is 2.64. The van der Waals surface area contributed by atoms with Crippen molar-refractivity contribution in [2.75, 3.05) is 19.5 Å². The maximum Gasteiger partial charge on any atom is 0.337 e. The summed E-state index contributed by atoms with van der Waals surface area (Å²) in [6, 6.07) is 4.54. The van der Waals surface area contributed by atoms with Crippen LogP contribution in [0.2, 0.25) is 0 Å². The van der Waals surface area contributed by atoms with Gasteiger partial charge in [-0.1, -0.05) is 0 Å². The molecule has 1 aliphatic rings. The maximum atomic E-state index is 11.9. The Morgan fingerprint density at radius 3 is 2.88 bits per heavy atom. The first kappa shape index (κ1) is 11.4. The number of rotatable bonds is 1. The van der Waals surface area contributed by atoms with Gasteiger partial charge in [0.25, 0.3) is 5.91 Å². The van der Waals surface area contributed by atoms with Crippen LogP contribution in [0.15, 0.2) is 18.2 Å². The van der Waals surface area contributed by atoms with Gasteiger partial charge in [0.2, 0.25) is 6.35 Å². The van der Waals surface area contributed by atoms with Crippen LogP contribution in [0.3, 0.4) is 0 Å². The quantitative estimate of drug-likeness (QED) is 0.683. The second-order valence-corrected chi connectivity index (χ2v) is 3.69. The number of fused-ring (bicyclic) bond motifs is 1. The second kappa shape index (κ2) is 4.06. The summed E-state index contributed by atoms with van der Waals surface area (Å²) >= 11 is 0. The topological polar surface area (TPSA) is 78.9 Å². The van der Waals surface area contributed by atoms with Crippen molar-refractivity contribution >= 4 is 17.6 Å². The van der Waals surface area contributed by atoms with Gasteiger partial charge in [-0.25, -0.2) is 4.79 Å². The molecule has 2 N–H and O–H groups in total. The molecule has 90 valence electrons. The van der Waals surface area contributed by atoms with Crippen LogP contribution in [0, 0.1) is 0 Å². The number of esters is 1. The predicted octanol–water partition coefficient (Wildman–Crippen LogP) is 0.247. The second-order valence-electron chi connectivity index (χ2n) is 3.69.